The minimum atomic E-state index is -0.0538. The second kappa shape index (κ2) is 2.89. The fourth-order valence-electron chi connectivity index (χ4n) is 6.80. The molecule has 2 heteroatoms. The van der Waals surface area contributed by atoms with Crippen LogP contribution in [0.5, 0.6) is 0 Å². The standard InChI is InChI=1S/C15H25NO/c1-12-5-13(2)7-14(3,6-12)10-15(8-12,9-13)11(17)16-4/h5-10H2,1-4H3,(H,16,17). The Morgan fingerprint density at radius 1 is 0.824 bits per heavy atom. The Hall–Kier alpha value is -0.530. The topological polar surface area (TPSA) is 29.1 Å². The van der Waals surface area contributed by atoms with Crippen LogP contribution in [0.2, 0.25) is 0 Å². The van der Waals surface area contributed by atoms with Crippen LogP contribution >= 0.6 is 0 Å². The zero-order chi connectivity index (χ0) is 12.5. The van der Waals surface area contributed by atoms with Gasteiger partial charge in [0.25, 0.3) is 0 Å². The van der Waals surface area contributed by atoms with E-state index in [-0.39, 0.29) is 5.41 Å². The third-order valence-corrected chi connectivity index (χ3v) is 5.56. The molecule has 1 amide bonds. The number of nitrogens with one attached hydrogen (secondary N) is 1. The SMILES string of the molecule is CNC(=O)C12CC3(C)CC(C)(CC(C)(C3)C1)C2. The van der Waals surface area contributed by atoms with Gasteiger partial charge in [-0.15, -0.1) is 0 Å². The van der Waals surface area contributed by atoms with Crippen LogP contribution in [0.4, 0.5) is 0 Å². The first kappa shape index (κ1) is 11.6. The van der Waals surface area contributed by atoms with E-state index in [1.54, 1.807) is 7.05 Å². The lowest BCUT2D eigenvalue weighted by atomic mass is 9.36. The van der Waals surface area contributed by atoms with Gasteiger partial charge in [-0.25, -0.2) is 0 Å². The maximum atomic E-state index is 12.4. The molecule has 0 aliphatic heterocycles. The van der Waals surface area contributed by atoms with Crippen LogP contribution in [0, 0.1) is 21.7 Å². The van der Waals surface area contributed by atoms with E-state index >= 15 is 0 Å². The molecular formula is C15H25NO. The van der Waals surface area contributed by atoms with E-state index in [2.05, 4.69) is 26.1 Å². The van der Waals surface area contributed by atoms with Crippen molar-refractivity contribution in [2.24, 2.45) is 21.7 Å². The molecule has 4 aliphatic rings. The lowest BCUT2D eigenvalue weighted by Crippen LogP contribution is -2.62. The van der Waals surface area contributed by atoms with Gasteiger partial charge < -0.3 is 5.32 Å². The predicted octanol–water partition coefficient (Wildman–Crippen LogP) is 3.12. The summed E-state index contributed by atoms with van der Waals surface area (Å²) in [5.74, 6) is 0.306. The third-order valence-electron chi connectivity index (χ3n) is 5.56. The quantitative estimate of drug-likeness (QED) is 0.743. The largest absolute Gasteiger partial charge is 0.359 e. The van der Waals surface area contributed by atoms with E-state index in [0.717, 1.165) is 19.3 Å². The minimum Gasteiger partial charge on any atom is -0.359 e. The Morgan fingerprint density at radius 3 is 1.47 bits per heavy atom. The van der Waals surface area contributed by atoms with E-state index < -0.39 is 0 Å². The van der Waals surface area contributed by atoms with Crippen molar-refractivity contribution in [1.29, 1.82) is 0 Å². The molecule has 0 radical (unpaired) electrons. The lowest BCUT2D eigenvalue weighted by Gasteiger charge is -2.68. The second-order valence-electron chi connectivity index (χ2n) is 8.35. The Kier molecular flexibility index (Phi) is 1.97. The highest BCUT2D eigenvalue weighted by atomic mass is 16.2. The summed E-state index contributed by atoms with van der Waals surface area (Å²) in [4.78, 5) is 12.4. The number of carbonyl (C=O) groups excluding carboxylic acids is 1. The predicted molar refractivity (Wildman–Crippen MR) is 68.5 cm³/mol. The summed E-state index contributed by atoms with van der Waals surface area (Å²) in [6.07, 6.45) is 7.33. The number of amides is 1. The molecular weight excluding hydrogens is 210 g/mol. The fraction of sp³-hybridized carbons (Fsp3) is 0.933. The average molecular weight is 235 g/mol. The maximum absolute atomic E-state index is 12.4. The second-order valence-corrected chi connectivity index (χ2v) is 8.35. The van der Waals surface area contributed by atoms with Crippen LogP contribution in [0.15, 0.2) is 0 Å². The summed E-state index contributed by atoms with van der Waals surface area (Å²) < 4.78 is 0. The van der Waals surface area contributed by atoms with Crippen LogP contribution in [-0.4, -0.2) is 13.0 Å². The molecule has 0 spiro atoms. The summed E-state index contributed by atoms with van der Waals surface area (Å²) in [6, 6.07) is 0. The molecule has 4 bridgehead atoms. The van der Waals surface area contributed by atoms with Crippen molar-refractivity contribution < 1.29 is 4.79 Å². The van der Waals surface area contributed by atoms with Gasteiger partial charge in [-0.3, -0.25) is 4.79 Å². The van der Waals surface area contributed by atoms with Crippen molar-refractivity contribution >= 4 is 5.91 Å². The van der Waals surface area contributed by atoms with Gasteiger partial charge in [0.1, 0.15) is 0 Å². The summed E-state index contributed by atoms with van der Waals surface area (Å²) in [6.45, 7) is 7.25. The van der Waals surface area contributed by atoms with E-state index in [9.17, 15) is 4.79 Å². The summed E-state index contributed by atoms with van der Waals surface area (Å²) in [5, 5.41) is 2.93. The molecule has 1 N–H and O–H groups in total. The van der Waals surface area contributed by atoms with Gasteiger partial charge in [-0.1, -0.05) is 20.8 Å². The van der Waals surface area contributed by atoms with Crippen LogP contribution in [0.25, 0.3) is 0 Å². The van der Waals surface area contributed by atoms with E-state index in [0.29, 0.717) is 22.2 Å². The van der Waals surface area contributed by atoms with Crippen molar-refractivity contribution in [1.82, 2.24) is 5.32 Å². The van der Waals surface area contributed by atoms with E-state index in [4.69, 9.17) is 0 Å². The van der Waals surface area contributed by atoms with Crippen LogP contribution in [0.1, 0.15) is 59.3 Å². The summed E-state index contributed by atoms with van der Waals surface area (Å²) >= 11 is 0. The Balaban J connectivity index is 2.07. The molecule has 2 nitrogen and oxygen atoms in total. The number of rotatable bonds is 1. The Labute approximate surface area is 105 Å². The van der Waals surface area contributed by atoms with E-state index in [1.807, 2.05) is 0 Å². The Bertz CT molecular complexity index is 333. The number of hydrogen-bond donors (Lipinski definition) is 1. The summed E-state index contributed by atoms with van der Waals surface area (Å²) in [7, 11) is 1.80. The molecule has 4 saturated carbocycles. The molecule has 4 aliphatic carbocycles. The fourth-order valence-corrected chi connectivity index (χ4v) is 6.80. The zero-order valence-corrected chi connectivity index (χ0v) is 11.7. The molecule has 4 fully saturated rings. The van der Waals surface area contributed by atoms with Gasteiger partial charge in [0.05, 0.1) is 5.41 Å². The highest BCUT2D eigenvalue weighted by molar-refractivity contribution is 5.83. The average Bonchev–Trinajstić information content (AvgIpc) is 2.08. The van der Waals surface area contributed by atoms with Crippen molar-refractivity contribution in [3.8, 4) is 0 Å². The molecule has 0 atom stereocenters. The molecule has 0 aromatic heterocycles. The number of hydrogen-bond acceptors (Lipinski definition) is 1. The molecule has 0 saturated heterocycles. The molecule has 0 aromatic rings. The summed E-state index contributed by atoms with van der Waals surface area (Å²) in [5.41, 5.74) is 1.17. The van der Waals surface area contributed by atoms with Crippen LogP contribution in [-0.2, 0) is 4.79 Å². The van der Waals surface area contributed by atoms with Crippen molar-refractivity contribution in [2.45, 2.75) is 59.3 Å². The van der Waals surface area contributed by atoms with Gasteiger partial charge in [0.15, 0.2) is 0 Å². The smallest absolute Gasteiger partial charge is 0.226 e. The molecule has 0 aromatic carbocycles. The first-order chi connectivity index (χ1) is 7.72. The van der Waals surface area contributed by atoms with Crippen LogP contribution < -0.4 is 5.32 Å². The van der Waals surface area contributed by atoms with Crippen LogP contribution in [0.3, 0.4) is 0 Å². The first-order valence-electron chi connectivity index (χ1n) is 6.95. The van der Waals surface area contributed by atoms with Gasteiger partial charge >= 0.3 is 0 Å². The first-order valence-corrected chi connectivity index (χ1v) is 6.95. The van der Waals surface area contributed by atoms with Gasteiger partial charge in [-0.05, 0) is 54.8 Å². The number of carbonyl (C=O) groups is 1. The molecule has 4 rings (SSSR count). The van der Waals surface area contributed by atoms with Gasteiger partial charge in [0, 0.05) is 7.05 Å². The van der Waals surface area contributed by atoms with Crippen molar-refractivity contribution in [3.63, 3.8) is 0 Å². The highest BCUT2D eigenvalue weighted by Gasteiger charge is 2.66. The van der Waals surface area contributed by atoms with Gasteiger partial charge in [0.2, 0.25) is 5.91 Å². The molecule has 0 heterocycles. The maximum Gasteiger partial charge on any atom is 0.226 e. The molecule has 17 heavy (non-hydrogen) atoms. The van der Waals surface area contributed by atoms with E-state index in [1.165, 1.54) is 19.3 Å². The highest BCUT2D eigenvalue weighted by Crippen LogP contribution is 2.73. The normalized spacial score (nSPS) is 56.0. The lowest BCUT2D eigenvalue weighted by molar-refractivity contribution is -0.191. The van der Waals surface area contributed by atoms with Crippen molar-refractivity contribution in [2.75, 3.05) is 7.05 Å². The molecule has 96 valence electrons. The third kappa shape index (κ3) is 1.49. The minimum absolute atomic E-state index is 0.0538. The van der Waals surface area contributed by atoms with Gasteiger partial charge in [-0.2, -0.15) is 0 Å². The van der Waals surface area contributed by atoms with Crippen molar-refractivity contribution in [3.05, 3.63) is 0 Å². The Morgan fingerprint density at radius 2 is 1.18 bits per heavy atom. The zero-order valence-electron chi connectivity index (χ0n) is 11.7. The monoisotopic (exact) mass is 235 g/mol. The molecule has 0 unspecified atom stereocenters.